The highest BCUT2D eigenvalue weighted by Crippen LogP contribution is 2.27. The SMILES string of the molecule is O=C(Nc1ccc(Cl)cc1NC(=O)c1ccco1)c1ccn(-c2cccc(F)c2)n1. The van der Waals surface area contributed by atoms with Gasteiger partial charge in [-0.3, -0.25) is 9.59 Å². The first-order chi connectivity index (χ1) is 14.5. The normalized spacial score (nSPS) is 10.6. The first kappa shape index (κ1) is 19.4. The van der Waals surface area contributed by atoms with Gasteiger partial charge in [0, 0.05) is 11.2 Å². The summed E-state index contributed by atoms with van der Waals surface area (Å²) >= 11 is 6.03. The minimum atomic E-state index is -0.513. The van der Waals surface area contributed by atoms with E-state index in [2.05, 4.69) is 15.7 Å². The molecule has 0 radical (unpaired) electrons. The van der Waals surface area contributed by atoms with Gasteiger partial charge in [-0.05, 0) is 54.6 Å². The van der Waals surface area contributed by atoms with Crippen molar-refractivity contribution in [3.05, 3.63) is 95.4 Å². The number of nitrogens with zero attached hydrogens (tertiary/aromatic N) is 2. The number of carbonyl (C=O) groups is 2. The molecule has 2 aromatic heterocycles. The molecule has 0 bridgehead atoms. The van der Waals surface area contributed by atoms with E-state index in [1.165, 1.54) is 41.3 Å². The lowest BCUT2D eigenvalue weighted by molar-refractivity contribution is 0.0992. The van der Waals surface area contributed by atoms with Gasteiger partial charge in [0.2, 0.25) is 0 Å². The van der Waals surface area contributed by atoms with Crippen LogP contribution in [0.25, 0.3) is 5.69 Å². The van der Waals surface area contributed by atoms with Crippen molar-refractivity contribution in [2.45, 2.75) is 0 Å². The van der Waals surface area contributed by atoms with Gasteiger partial charge in [-0.25, -0.2) is 9.07 Å². The van der Waals surface area contributed by atoms with E-state index in [1.807, 2.05) is 0 Å². The molecule has 0 aliphatic carbocycles. The fourth-order valence-corrected chi connectivity index (χ4v) is 2.89. The second kappa shape index (κ2) is 8.22. The molecule has 0 fully saturated rings. The summed E-state index contributed by atoms with van der Waals surface area (Å²) in [6, 6.07) is 15.1. The minimum Gasteiger partial charge on any atom is -0.459 e. The van der Waals surface area contributed by atoms with Crippen molar-refractivity contribution in [3.8, 4) is 5.69 Å². The summed E-state index contributed by atoms with van der Waals surface area (Å²) < 4.78 is 19.9. The second-order valence-corrected chi connectivity index (χ2v) is 6.64. The minimum absolute atomic E-state index is 0.109. The van der Waals surface area contributed by atoms with Gasteiger partial charge in [-0.2, -0.15) is 5.10 Å². The van der Waals surface area contributed by atoms with Gasteiger partial charge in [0.1, 0.15) is 5.82 Å². The number of benzene rings is 2. The average molecular weight is 425 g/mol. The Hall–Kier alpha value is -3.91. The van der Waals surface area contributed by atoms with E-state index in [1.54, 1.807) is 36.5 Å². The third-order valence-electron chi connectivity index (χ3n) is 4.12. The van der Waals surface area contributed by atoms with E-state index in [4.69, 9.17) is 16.0 Å². The number of rotatable bonds is 5. The molecule has 4 aromatic rings. The standard InChI is InChI=1S/C21H14ClFN4O3/c22-13-6-7-16(18(11-13)25-21(29)19-5-2-10-30-19)24-20(28)17-8-9-27(26-17)15-4-1-3-14(23)12-15/h1-12H,(H,24,28)(H,25,29). The van der Waals surface area contributed by atoms with Crippen LogP contribution in [0.2, 0.25) is 5.02 Å². The second-order valence-electron chi connectivity index (χ2n) is 6.20. The molecule has 0 saturated heterocycles. The molecule has 0 saturated carbocycles. The molecule has 9 heteroatoms. The quantitative estimate of drug-likeness (QED) is 0.483. The first-order valence-electron chi connectivity index (χ1n) is 8.77. The predicted octanol–water partition coefficient (Wildman–Crippen LogP) is 4.76. The first-order valence-corrected chi connectivity index (χ1v) is 9.15. The fourth-order valence-electron chi connectivity index (χ4n) is 2.71. The summed E-state index contributed by atoms with van der Waals surface area (Å²) in [6.07, 6.45) is 2.93. The number of aromatic nitrogens is 2. The Kier molecular flexibility index (Phi) is 5.32. The van der Waals surface area contributed by atoms with Gasteiger partial charge in [-0.1, -0.05) is 17.7 Å². The van der Waals surface area contributed by atoms with Crippen LogP contribution in [0.5, 0.6) is 0 Å². The molecule has 0 unspecified atom stereocenters. The van der Waals surface area contributed by atoms with Crippen molar-refractivity contribution in [2.75, 3.05) is 10.6 Å². The number of furan rings is 1. The average Bonchev–Trinajstić information content (AvgIpc) is 3.42. The Morgan fingerprint density at radius 1 is 0.967 bits per heavy atom. The van der Waals surface area contributed by atoms with Crippen LogP contribution in [-0.2, 0) is 0 Å². The van der Waals surface area contributed by atoms with Crippen molar-refractivity contribution in [3.63, 3.8) is 0 Å². The predicted molar refractivity (Wildman–Crippen MR) is 110 cm³/mol. The molecule has 2 N–H and O–H groups in total. The molecule has 4 rings (SSSR count). The lowest BCUT2D eigenvalue weighted by Crippen LogP contribution is -2.17. The van der Waals surface area contributed by atoms with Crippen LogP contribution < -0.4 is 10.6 Å². The van der Waals surface area contributed by atoms with Crippen LogP contribution in [0.3, 0.4) is 0 Å². The van der Waals surface area contributed by atoms with Crippen LogP contribution in [0.1, 0.15) is 21.0 Å². The number of hydrogen-bond acceptors (Lipinski definition) is 4. The van der Waals surface area contributed by atoms with Gasteiger partial charge < -0.3 is 15.1 Å². The number of amides is 2. The molecule has 0 aliphatic rings. The zero-order valence-electron chi connectivity index (χ0n) is 15.3. The smallest absolute Gasteiger partial charge is 0.291 e. The number of anilines is 2. The van der Waals surface area contributed by atoms with E-state index in [0.29, 0.717) is 22.1 Å². The fraction of sp³-hybridized carbons (Fsp3) is 0. The number of nitrogens with one attached hydrogen (secondary N) is 2. The third-order valence-corrected chi connectivity index (χ3v) is 4.35. The molecule has 0 aliphatic heterocycles. The summed E-state index contributed by atoms with van der Waals surface area (Å²) in [4.78, 5) is 24.9. The van der Waals surface area contributed by atoms with Crippen LogP contribution in [0, 0.1) is 5.82 Å². The van der Waals surface area contributed by atoms with Crippen molar-refractivity contribution < 1.29 is 18.4 Å². The maximum absolute atomic E-state index is 13.4. The monoisotopic (exact) mass is 424 g/mol. The van der Waals surface area contributed by atoms with E-state index in [0.717, 1.165) is 0 Å². The van der Waals surface area contributed by atoms with Crippen molar-refractivity contribution in [2.24, 2.45) is 0 Å². The Balaban J connectivity index is 1.54. The Morgan fingerprint density at radius 3 is 2.57 bits per heavy atom. The van der Waals surface area contributed by atoms with Gasteiger partial charge in [0.15, 0.2) is 11.5 Å². The molecule has 0 atom stereocenters. The van der Waals surface area contributed by atoms with E-state index < -0.39 is 17.6 Å². The highest BCUT2D eigenvalue weighted by atomic mass is 35.5. The van der Waals surface area contributed by atoms with E-state index in [-0.39, 0.29) is 11.5 Å². The molecule has 150 valence electrons. The highest BCUT2D eigenvalue weighted by molar-refractivity contribution is 6.31. The third kappa shape index (κ3) is 4.23. The zero-order valence-corrected chi connectivity index (χ0v) is 16.1. The Labute approximate surface area is 175 Å². The number of hydrogen-bond donors (Lipinski definition) is 2. The summed E-state index contributed by atoms with van der Waals surface area (Å²) in [5.74, 6) is -1.30. The van der Waals surface area contributed by atoms with Gasteiger partial charge in [-0.15, -0.1) is 0 Å². The van der Waals surface area contributed by atoms with Crippen molar-refractivity contribution in [1.82, 2.24) is 9.78 Å². The molecular weight excluding hydrogens is 411 g/mol. The van der Waals surface area contributed by atoms with E-state index in [9.17, 15) is 14.0 Å². The molecule has 2 aromatic carbocycles. The molecule has 7 nitrogen and oxygen atoms in total. The summed E-state index contributed by atoms with van der Waals surface area (Å²) in [7, 11) is 0. The van der Waals surface area contributed by atoms with Crippen LogP contribution in [-0.4, -0.2) is 21.6 Å². The molecule has 30 heavy (non-hydrogen) atoms. The molecule has 2 amide bonds. The largest absolute Gasteiger partial charge is 0.459 e. The molecular formula is C21H14ClFN4O3. The van der Waals surface area contributed by atoms with Gasteiger partial charge in [0.25, 0.3) is 11.8 Å². The lowest BCUT2D eigenvalue weighted by Gasteiger charge is -2.11. The highest BCUT2D eigenvalue weighted by Gasteiger charge is 2.16. The zero-order chi connectivity index (χ0) is 21.1. The van der Waals surface area contributed by atoms with Crippen LogP contribution in [0.4, 0.5) is 15.8 Å². The Morgan fingerprint density at radius 2 is 1.80 bits per heavy atom. The van der Waals surface area contributed by atoms with Crippen molar-refractivity contribution in [1.29, 1.82) is 0 Å². The number of carbonyl (C=O) groups excluding carboxylic acids is 2. The maximum atomic E-state index is 13.4. The van der Waals surface area contributed by atoms with E-state index >= 15 is 0 Å². The topological polar surface area (TPSA) is 89.2 Å². The van der Waals surface area contributed by atoms with Gasteiger partial charge >= 0.3 is 0 Å². The van der Waals surface area contributed by atoms with Crippen LogP contribution >= 0.6 is 11.6 Å². The van der Waals surface area contributed by atoms with Crippen molar-refractivity contribution >= 4 is 34.8 Å². The summed E-state index contributed by atoms with van der Waals surface area (Å²) in [5.41, 5.74) is 1.20. The lowest BCUT2D eigenvalue weighted by atomic mass is 10.2. The Bertz CT molecular complexity index is 1220. The van der Waals surface area contributed by atoms with Gasteiger partial charge in [0.05, 0.1) is 23.3 Å². The summed E-state index contributed by atoms with van der Waals surface area (Å²) in [5, 5.41) is 9.89. The molecule has 0 spiro atoms. The van der Waals surface area contributed by atoms with Crippen LogP contribution in [0.15, 0.2) is 77.5 Å². The molecule has 2 heterocycles. The summed E-state index contributed by atoms with van der Waals surface area (Å²) in [6.45, 7) is 0. The number of halogens is 2. The maximum Gasteiger partial charge on any atom is 0.291 e.